The van der Waals surface area contributed by atoms with Crippen LogP contribution in [0.2, 0.25) is 5.02 Å². The predicted octanol–water partition coefficient (Wildman–Crippen LogP) is 3.72. The highest BCUT2D eigenvalue weighted by Gasteiger charge is 2.37. The number of hydrogen-bond acceptors (Lipinski definition) is 3. The number of ether oxygens (including phenoxy) is 1. The van der Waals surface area contributed by atoms with E-state index in [0.29, 0.717) is 10.7 Å². The van der Waals surface area contributed by atoms with Gasteiger partial charge in [0.05, 0.1) is 10.7 Å². The second-order valence-corrected chi connectivity index (χ2v) is 6.89. The van der Waals surface area contributed by atoms with Gasteiger partial charge >= 0.3 is 6.09 Å². The number of benzene rings is 1. The Morgan fingerprint density at radius 1 is 1.45 bits per heavy atom. The fraction of sp³-hybridized carbons (Fsp3) is 0.533. The van der Waals surface area contributed by atoms with Gasteiger partial charge in [-0.2, -0.15) is 0 Å². The second-order valence-electron chi connectivity index (χ2n) is 6.48. The van der Waals surface area contributed by atoms with Crippen molar-refractivity contribution in [2.45, 2.75) is 51.2 Å². The van der Waals surface area contributed by atoms with Crippen LogP contribution in [0.4, 0.5) is 10.5 Å². The summed E-state index contributed by atoms with van der Waals surface area (Å²) in [6.07, 6.45) is 2.43. The van der Waals surface area contributed by atoms with Crippen molar-refractivity contribution in [3.8, 4) is 0 Å². The van der Waals surface area contributed by atoms with Gasteiger partial charge in [0.25, 0.3) is 0 Å². The van der Waals surface area contributed by atoms with E-state index < -0.39 is 11.7 Å². The molecule has 0 unspecified atom stereocenters. The molecule has 0 aliphatic heterocycles. The summed E-state index contributed by atoms with van der Waals surface area (Å²) < 4.78 is 5.19. The second kappa shape index (κ2) is 5.26. The van der Waals surface area contributed by atoms with E-state index in [4.69, 9.17) is 22.1 Å². The Balaban J connectivity index is 2.00. The lowest BCUT2D eigenvalue weighted by Gasteiger charge is -2.20. The number of amides is 1. The van der Waals surface area contributed by atoms with Crippen LogP contribution in [0.5, 0.6) is 0 Å². The molecule has 0 aromatic heterocycles. The van der Waals surface area contributed by atoms with Crippen LogP contribution in [0.1, 0.15) is 39.2 Å². The van der Waals surface area contributed by atoms with Crippen LogP contribution in [-0.2, 0) is 11.2 Å². The molecule has 5 heteroatoms. The van der Waals surface area contributed by atoms with Gasteiger partial charge in [-0.15, -0.1) is 0 Å². The van der Waals surface area contributed by atoms with Crippen molar-refractivity contribution in [2.24, 2.45) is 5.73 Å². The largest absolute Gasteiger partial charge is 0.444 e. The minimum absolute atomic E-state index is 0.0521. The van der Waals surface area contributed by atoms with Gasteiger partial charge in [0, 0.05) is 5.54 Å². The van der Waals surface area contributed by atoms with E-state index >= 15 is 0 Å². The standard InChI is InChI=1S/C15H21ClN2O2/c1-14(2,3)20-13(19)18-12-5-4-10(8-11(12)16)9-15(17)6-7-15/h4-5,8H,6-7,9,17H2,1-3H3,(H,18,19). The maximum Gasteiger partial charge on any atom is 0.412 e. The van der Waals surface area contributed by atoms with Gasteiger partial charge in [-0.05, 0) is 57.7 Å². The summed E-state index contributed by atoms with van der Waals surface area (Å²) in [6, 6.07) is 5.57. The van der Waals surface area contributed by atoms with Crippen LogP contribution in [-0.4, -0.2) is 17.2 Å². The monoisotopic (exact) mass is 296 g/mol. The molecular formula is C15H21ClN2O2. The fourth-order valence-electron chi connectivity index (χ4n) is 1.93. The Morgan fingerprint density at radius 2 is 2.10 bits per heavy atom. The van der Waals surface area contributed by atoms with Crippen molar-refractivity contribution in [3.05, 3.63) is 28.8 Å². The topological polar surface area (TPSA) is 64.3 Å². The first-order valence-corrected chi connectivity index (χ1v) is 7.12. The minimum Gasteiger partial charge on any atom is -0.444 e. The maximum absolute atomic E-state index is 11.7. The van der Waals surface area contributed by atoms with Crippen LogP contribution in [0.3, 0.4) is 0 Å². The van der Waals surface area contributed by atoms with E-state index in [2.05, 4.69) is 5.32 Å². The van der Waals surface area contributed by atoms with Crippen molar-refractivity contribution >= 4 is 23.4 Å². The van der Waals surface area contributed by atoms with Crippen molar-refractivity contribution in [3.63, 3.8) is 0 Å². The molecule has 0 bridgehead atoms. The van der Waals surface area contributed by atoms with Crippen molar-refractivity contribution < 1.29 is 9.53 Å². The Hall–Kier alpha value is -1.26. The predicted molar refractivity (Wildman–Crippen MR) is 81.2 cm³/mol. The van der Waals surface area contributed by atoms with E-state index in [0.717, 1.165) is 24.8 Å². The summed E-state index contributed by atoms with van der Waals surface area (Å²) in [5, 5.41) is 3.15. The molecule has 0 radical (unpaired) electrons. The Morgan fingerprint density at radius 3 is 2.60 bits per heavy atom. The molecule has 110 valence electrons. The average molecular weight is 297 g/mol. The van der Waals surface area contributed by atoms with E-state index in [1.165, 1.54) is 0 Å². The van der Waals surface area contributed by atoms with Gasteiger partial charge in [0.1, 0.15) is 5.60 Å². The number of halogens is 1. The van der Waals surface area contributed by atoms with Crippen LogP contribution >= 0.6 is 11.6 Å². The summed E-state index contributed by atoms with van der Waals surface area (Å²) in [6.45, 7) is 5.44. The number of anilines is 1. The fourth-order valence-corrected chi connectivity index (χ4v) is 2.18. The maximum atomic E-state index is 11.7. The molecule has 1 aromatic rings. The molecule has 0 heterocycles. The molecular weight excluding hydrogens is 276 g/mol. The van der Waals surface area contributed by atoms with Gasteiger partial charge in [0.2, 0.25) is 0 Å². The van der Waals surface area contributed by atoms with Gasteiger partial charge in [0.15, 0.2) is 0 Å². The van der Waals surface area contributed by atoms with E-state index in [-0.39, 0.29) is 5.54 Å². The highest BCUT2D eigenvalue weighted by molar-refractivity contribution is 6.33. The van der Waals surface area contributed by atoms with Gasteiger partial charge in [-0.3, -0.25) is 5.32 Å². The molecule has 1 saturated carbocycles. The summed E-state index contributed by atoms with van der Waals surface area (Å²) >= 11 is 6.18. The van der Waals surface area contributed by atoms with Crippen molar-refractivity contribution in [1.82, 2.24) is 0 Å². The summed E-state index contributed by atoms with van der Waals surface area (Å²) in [5.74, 6) is 0. The van der Waals surface area contributed by atoms with E-state index in [9.17, 15) is 4.79 Å². The lowest BCUT2D eigenvalue weighted by molar-refractivity contribution is 0.0636. The van der Waals surface area contributed by atoms with Crippen LogP contribution in [0, 0.1) is 0 Å². The zero-order valence-electron chi connectivity index (χ0n) is 12.1. The van der Waals surface area contributed by atoms with Crippen molar-refractivity contribution in [2.75, 3.05) is 5.32 Å². The third-order valence-electron chi connectivity index (χ3n) is 3.12. The zero-order chi connectivity index (χ0) is 15.0. The first-order valence-electron chi connectivity index (χ1n) is 6.74. The number of rotatable bonds is 3. The highest BCUT2D eigenvalue weighted by Crippen LogP contribution is 2.36. The first-order chi connectivity index (χ1) is 9.17. The first kappa shape index (κ1) is 15.1. The minimum atomic E-state index is -0.533. The smallest absolute Gasteiger partial charge is 0.412 e. The number of carbonyl (C=O) groups is 1. The van der Waals surface area contributed by atoms with Crippen LogP contribution < -0.4 is 11.1 Å². The zero-order valence-corrected chi connectivity index (χ0v) is 12.9. The van der Waals surface area contributed by atoms with Gasteiger partial charge in [-0.25, -0.2) is 4.79 Å². The number of nitrogens with two attached hydrogens (primary N) is 1. The molecule has 3 N–H and O–H groups in total. The summed E-state index contributed by atoms with van der Waals surface area (Å²) in [4.78, 5) is 11.7. The van der Waals surface area contributed by atoms with Crippen molar-refractivity contribution in [1.29, 1.82) is 0 Å². The number of carbonyl (C=O) groups excluding carboxylic acids is 1. The molecule has 0 saturated heterocycles. The van der Waals surface area contributed by atoms with Crippen LogP contribution in [0.25, 0.3) is 0 Å². The third kappa shape index (κ3) is 4.39. The summed E-state index contributed by atoms with van der Waals surface area (Å²) in [7, 11) is 0. The van der Waals surface area contributed by atoms with Gasteiger partial charge in [-0.1, -0.05) is 17.7 Å². The molecule has 4 nitrogen and oxygen atoms in total. The molecule has 20 heavy (non-hydrogen) atoms. The normalized spacial score (nSPS) is 16.6. The molecule has 1 fully saturated rings. The molecule has 0 spiro atoms. The molecule has 2 rings (SSSR count). The number of nitrogens with one attached hydrogen (secondary N) is 1. The SMILES string of the molecule is CC(C)(C)OC(=O)Nc1ccc(CC2(N)CC2)cc1Cl. The average Bonchev–Trinajstić information content (AvgIpc) is 2.97. The molecule has 1 aromatic carbocycles. The molecule has 1 aliphatic rings. The summed E-state index contributed by atoms with van der Waals surface area (Å²) in [5.41, 5.74) is 7.13. The Kier molecular flexibility index (Phi) is 3.98. The number of hydrogen-bond donors (Lipinski definition) is 2. The van der Waals surface area contributed by atoms with Gasteiger partial charge < -0.3 is 10.5 Å². The lowest BCUT2D eigenvalue weighted by Crippen LogP contribution is -2.27. The molecule has 1 aliphatic carbocycles. The highest BCUT2D eigenvalue weighted by atomic mass is 35.5. The molecule has 1 amide bonds. The Bertz CT molecular complexity index is 519. The van der Waals surface area contributed by atoms with Crippen LogP contribution in [0.15, 0.2) is 18.2 Å². The van der Waals surface area contributed by atoms with E-state index in [1.54, 1.807) is 6.07 Å². The molecule has 0 atom stereocenters. The van der Waals surface area contributed by atoms with E-state index in [1.807, 2.05) is 32.9 Å². The lowest BCUT2D eigenvalue weighted by atomic mass is 10.0. The third-order valence-corrected chi connectivity index (χ3v) is 3.43. The Labute approximate surface area is 124 Å². The quantitative estimate of drug-likeness (QED) is 0.893.